The number of hydrogen-bond donors (Lipinski definition) is 2. The maximum Gasteiger partial charge on any atom is 0.265 e. The SMILES string of the molecule is CCNc1ncccc1S(=O)(=O)Nc1ccc(F)cc1F. The molecule has 112 valence electrons. The molecule has 0 saturated heterocycles. The van der Waals surface area contributed by atoms with Gasteiger partial charge >= 0.3 is 0 Å². The molecule has 0 spiro atoms. The number of rotatable bonds is 5. The van der Waals surface area contributed by atoms with Crippen LogP contribution in [0.3, 0.4) is 0 Å². The maximum absolute atomic E-state index is 13.5. The van der Waals surface area contributed by atoms with Crippen molar-refractivity contribution in [1.82, 2.24) is 4.98 Å². The first kappa shape index (κ1) is 15.2. The molecule has 0 aliphatic heterocycles. The van der Waals surface area contributed by atoms with Crippen LogP contribution in [-0.4, -0.2) is 19.9 Å². The van der Waals surface area contributed by atoms with Gasteiger partial charge < -0.3 is 5.32 Å². The predicted molar refractivity (Wildman–Crippen MR) is 75.6 cm³/mol. The summed E-state index contributed by atoms with van der Waals surface area (Å²) in [4.78, 5) is 3.81. The van der Waals surface area contributed by atoms with Crippen molar-refractivity contribution in [2.75, 3.05) is 16.6 Å². The summed E-state index contributed by atoms with van der Waals surface area (Å²) in [5.74, 6) is -1.62. The highest BCUT2D eigenvalue weighted by molar-refractivity contribution is 7.92. The molecule has 2 aromatic rings. The number of benzene rings is 1. The summed E-state index contributed by atoms with van der Waals surface area (Å²) in [6, 6.07) is 5.39. The molecule has 1 aromatic heterocycles. The van der Waals surface area contributed by atoms with E-state index in [2.05, 4.69) is 15.0 Å². The first-order valence-corrected chi connectivity index (χ1v) is 7.59. The Hall–Kier alpha value is -2.22. The topological polar surface area (TPSA) is 71.1 Å². The fourth-order valence-electron chi connectivity index (χ4n) is 1.68. The second-order valence-electron chi connectivity index (χ2n) is 4.11. The van der Waals surface area contributed by atoms with Crippen LogP contribution in [0.4, 0.5) is 20.3 Å². The van der Waals surface area contributed by atoms with E-state index in [0.717, 1.165) is 12.1 Å². The van der Waals surface area contributed by atoms with Gasteiger partial charge in [-0.05, 0) is 31.2 Å². The fourth-order valence-corrected chi connectivity index (χ4v) is 2.88. The summed E-state index contributed by atoms with van der Waals surface area (Å²) in [6.45, 7) is 2.27. The zero-order chi connectivity index (χ0) is 15.5. The summed E-state index contributed by atoms with van der Waals surface area (Å²) < 4.78 is 53.0. The number of nitrogens with one attached hydrogen (secondary N) is 2. The molecule has 2 N–H and O–H groups in total. The standard InChI is InChI=1S/C13H13F2N3O2S/c1-2-16-13-12(4-3-7-17-13)21(19,20)18-11-6-5-9(14)8-10(11)15/h3-8,18H,2H2,1H3,(H,16,17). The number of nitrogens with zero attached hydrogens (tertiary/aromatic N) is 1. The Balaban J connectivity index is 2.39. The molecule has 0 bridgehead atoms. The van der Waals surface area contributed by atoms with Crippen LogP contribution in [0, 0.1) is 11.6 Å². The van der Waals surface area contributed by atoms with Crippen LogP contribution in [0.2, 0.25) is 0 Å². The van der Waals surface area contributed by atoms with Crippen LogP contribution in [0.5, 0.6) is 0 Å². The molecule has 21 heavy (non-hydrogen) atoms. The molecule has 0 aliphatic rings. The third-order valence-corrected chi connectivity index (χ3v) is 3.98. The Morgan fingerprint density at radius 1 is 1.24 bits per heavy atom. The van der Waals surface area contributed by atoms with Crippen LogP contribution in [0.1, 0.15) is 6.92 Å². The van der Waals surface area contributed by atoms with Crippen LogP contribution in [0.25, 0.3) is 0 Å². The Kier molecular flexibility index (Phi) is 4.37. The molecule has 1 heterocycles. The van der Waals surface area contributed by atoms with E-state index < -0.39 is 21.7 Å². The molecule has 0 radical (unpaired) electrons. The Labute approximate surface area is 121 Å². The van der Waals surface area contributed by atoms with Crippen LogP contribution in [-0.2, 0) is 10.0 Å². The van der Waals surface area contributed by atoms with E-state index >= 15 is 0 Å². The summed E-state index contributed by atoms with van der Waals surface area (Å²) in [6.07, 6.45) is 1.44. The molecule has 0 unspecified atom stereocenters. The Morgan fingerprint density at radius 3 is 2.67 bits per heavy atom. The van der Waals surface area contributed by atoms with E-state index in [0.29, 0.717) is 12.6 Å². The van der Waals surface area contributed by atoms with Crippen molar-refractivity contribution in [3.05, 3.63) is 48.2 Å². The molecule has 8 heteroatoms. The quantitative estimate of drug-likeness (QED) is 0.890. The lowest BCUT2D eigenvalue weighted by Gasteiger charge is -2.12. The zero-order valence-corrected chi connectivity index (χ0v) is 11.9. The summed E-state index contributed by atoms with van der Waals surface area (Å²) in [5, 5.41) is 2.81. The van der Waals surface area contributed by atoms with Crippen molar-refractivity contribution in [3.63, 3.8) is 0 Å². The van der Waals surface area contributed by atoms with Gasteiger partial charge in [0.05, 0.1) is 5.69 Å². The molecule has 0 aliphatic carbocycles. The first-order valence-electron chi connectivity index (χ1n) is 6.11. The minimum atomic E-state index is -4.04. The lowest BCUT2D eigenvalue weighted by atomic mass is 10.3. The highest BCUT2D eigenvalue weighted by Crippen LogP contribution is 2.23. The van der Waals surface area contributed by atoms with Gasteiger partial charge in [0, 0.05) is 18.8 Å². The molecule has 0 fully saturated rings. The molecular formula is C13H13F2N3O2S. The lowest BCUT2D eigenvalue weighted by Crippen LogP contribution is -2.17. The second-order valence-corrected chi connectivity index (χ2v) is 5.76. The minimum absolute atomic E-state index is 0.115. The molecular weight excluding hydrogens is 300 g/mol. The van der Waals surface area contributed by atoms with Crippen molar-refractivity contribution in [2.45, 2.75) is 11.8 Å². The highest BCUT2D eigenvalue weighted by atomic mass is 32.2. The first-order chi connectivity index (χ1) is 9.94. The molecule has 0 saturated carbocycles. The fraction of sp³-hybridized carbons (Fsp3) is 0.154. The van der Waals surface area contributed by atoms with Crippen molar-refractivity contribution in [2.24, 2.45) is 0 Å². The molecule has 0 atom stereocenters. The van der Waals surface area contributed by atoms with E-state index in [1.165, 1.54) is 18.3 Å². The van der Waals surface area contributed by atoms with E-state index in [-0.39, 0.29) is 16.4 Å². The van der Waals surface area contributed by atoms with Gasteiger partial charge in [0.1, 0.15) is 22.3 Å². The average Bonchev–Trinajstić information content (AvgIpc) is 2.43. The molecule has 0 amide bonds. The number of hydrogen-bond acceptors (Lipinski definition) is 4. The monoisotopic (exact) mass is 313 g/mol. The minimum Gasteiger partial charge on any atom is -0.369 e. The van der Waals surface area contributed by atoms with Crippen LogP contribution >= 0.6 is 0 Å². The van der Waals surface area contributed by atoms with Gasteiger partial charge in [-0.1, -0.05) is 0 Å². The third-order valence-electron chi connectivity index (χ3n) is 2.58. The summed E-state index contributed by atoms with van der Waals surface area (Å²) in [5.41, 5.74) is -0.331. The van der Waals surface area contributed by atoms with Crippen LogP contribution in [0.15, 0.2) is 41.4 Å². The van der Waals surface area contributed by atoms with Crippen molar-refractivity contribution < 1.29 is 17.2 Å². The van der Waals surface area contributed by atoms with Crippen molar-refractivity contribution in [3.8, 4) is 0 Å². The highest BCUT2D eigenvalue weighted by Gasteiger charge is 2.20. The van der Waals surface area contributed by atoms with Gasteiger partial charge in [0.15, 0.2) is 0 Å². The van der Waals surface area contributed by atoms with Gasteiger partial charge in [-0.2, -0.15) is 0 Å². The smallest absolute Gasteiger partial charge is 0.265 e. The summed E-state index contributed by atoms with van der Waals surface area (Å²) in [7, 11) is -4.04. The van der Waals surface area contributed by atoms with Crippen molar-refractivity contribution >= 4 is 21.5 Å². The molecule has 5 nitrogen and oxygen atoms in total. The van der Waals surface area contributed by atoms with Gasteiger partial charge in [-0.15, -0.1) is 0 Å². The number of anilines is 2. The van der Waals surface area contributed by atoms with Crippen molar-refractivity contribution in [1.29, 1.82) is 0 Å². The summed E-state index contributed by atoms with van der Waals surface area (Å²) >= 11 is 0. The Bertz CT molecular complexity index is 751. The van der Waals surface area contributed by atoms with E-state index in [9.17, 15) is 17.2 Å². The van der Waals surface area contributed by atoms with Gasteiger partial charge in [-0.3, -0.25) is 4.72 Å². The average molecular weight is 313 g/mol. The number of pyridine rings is 1. The third kappa shape index (κ3) is 3.46. The number of sulfonamides is 1. The molecule has 1 aromatic carbocycles. The van der Waals surface area contributed by atoms with E-state index in [4.69, 9.17) is 0 Å². The normalized spacial score (nSPS) is 11.2. The number of aromatic nitrogens is 1. The van der Waals surface area contributed by atoms with Gasteiger partial charge in [-0.25, -0.2) is 22.2 Å². The lowest BCUT2D eigenvalue weighted by molar-refractivity contribution is 0.582. The van der Waals surface area contributed by atoms with E-state index in [1.807, 2.05) is 0 Å². The molecule has 2 rings (SSSR count). The zero-order valence-electron chi connectivity index (χ0n) is 11.1. The Morgan fingerprint density at radius 2 is 2.00 bits per heavy atom. The van der Waals surface area contributed by atoms with E-state index in [1.54, 1.807) is 6.92 Å². The van der Waals surface area contributed by atoms with Gasteiger partial charge in [0.2, 0.25) is 0 Å². The van der Waals surface area contributed by atoms with Gasteiger partial charge in [0.25, 0.3) is 10.0 Å². The maximum atomic E-state index is 13.5. The predicted octanol–water partition coefficient (Wildman–Crippen LogP) is 2.59. The van der Waals surface area contributed by atoms with Crippen LogP contribution < -0.4 is 10.0 Å². The largest absolute Gasteiger partial charge is 0.369 e. The number of halogens is 2. The second kappa shape index (κ2) is 6.04.